The van der Waals surface area contributed by atoms with Gasteiger partial charge in [-0.25, -0.2) is 8.78 Å². The lowest BCUT2D eigenvalue weighted by Gasteiger charge is -2.35. The zero-order chi connectivity index (χ0) is 32.2. The fourth-order valence-electron chi connectivity index (χ4n) is 5.12. The number of halogens is 9. The quantitative estimate of drug-likeness (QED) is 0.0950. The van der Waals surface area contributed by atoms with Crippen molar-refractivity contribution in [2.24, 2.45) is 0 Å². The average molecular weight is 684 g/mol. The summed E-state index contributed by atoms with van der Waals surface area (Å²) in [4.78, 5) is 0. The van der Waals surface area contributed by atoms with Crippen LogP contribution in [0.2, 0.25) is 15.1 Å². The van der Waals surface area contributed by atoms with Crippen molar-refractivity contribution < 1.29 is 26.0 Å². The molecule has 0 heterocycles. The first-order chi connectivity index (χ1) is 20.7. The van der Waals surface area contributed by atoms with Gasteiger partial charge in [0.25, 0.3) is 0 Å². The van der Waals surface area contributed by atoms with E-state index in [2.05, 4.69) is 0 Å². The van der Waals surface area contributed by atoms with Gasteiger partial charge in [-0.1, -0.05) is 59.1 Å². The Labute approximate surface area is 268 Å². The third kappa shape index (κ3) is 7.81. The molecule has 0 bridgehead atoms. The van der Waals surface area contributed by atoms with Crippen LogP contribution in [-0.2, 0) is 0 Å². The van der Waals surface area contributed by atoms with E-state index in [9.17, 15) is 17.3 Å². The predicted octanol–water partition coefficient (Wildman–Crippen LogP) is 10.9. The summed E-state index contributed by atoms with van der Waals surface area (Å²) in [6, 6.07) is 33.9. The minimum Gasteiger partial charge on any atom is -0.418 e. The molecule has 0 aromatic heterocycles. The number of benzene rings is 5. The van der Waals surface area contributed by atoms with E-state index in [1.165, 1.54) is 0 Å². The lowest BCUT2D eigenvalue weighted by atomic mass is 10.0. The molecule has 0 saturated heterocycles. The van der Waals surface area contributed by atoms with Crippen molar-refractivity contribution in [2.75, 3.05) is 0 Å². The molecular formula is C33H25BCl3F6P. The average Bonchev–Trinajstić information content (AvgIpc) is 2.96. The van der Waals surface area contributed by atoms with Gasteiger partial charge >= 0.3 is 7.25 Å². The summed E-state index contributed by atoms with van der Waals surface area (Å²) in [6.45, 7) is 3.47. The zero-order valence-electron chi connectivity index (χ0n) is 23.4. The van der Waals surface area contributed by atoms with Gasteiger partial charge in [0, 0.05) is 26.2 Å². The number of aryl methyl sites for hydroxylation is 2. The van der Waals surface area contributed by atoms with E-state index in [-0.39, 0.29) is 11.6 Å². The molecule has 0 radical (unpaired) electrons. The van der Waals surface area contributed by atoms with E-state index < -0.39 is 20.2 Å². The summed E-state index contributed by atoms with van der Waals surface area (Å²) in [6.07, 6.45) is 0. The minimum absolute atomic E-state index is 0.313. The molecule has 0 atom stereocenters. The number of rotatable bonds is 6. The third-order valence-electron chi connectivity index (χ3n) is 7.11. The van der Waals surface area contributed by atoms with Gasteiger partial charge in [-0.3, -0.25) is 0 Å². The van der Waals surface area contributed by atoms with Crippen LogP contribution in [0.1, 0.15) is 27.9 Å². The Kier molecular flexibility index (Phi) is 10.8. The largest absolute Gasteiger partial charge is 0.673 e. The fraction of sp³-hybridized carbons (Fsp3) is 0.0909. The summed E-state index contributed by atoms with van der Waals surface area (Å²) in [5, 5.41) is 4.81. The smallest absolute Gasteiger partial charge is 0.418 e. The molecule has 0 nitrogen and oxygen atoms in total. The van der Waals surface area contributed by atoms with Crippen LogP contribution in [-0.4, -0.2) is 7.25 Å². The van der Waals surface area contributed by atoms with Crippen LogP contribution < -0.4 is 15.9 Å². The van der Waals surface area contributed by atoms with Gasteiger partial charge in [0.1, 0.15) is 40.5 Å². The topological polar surface area (TPSA) is 0 Å². The molecule has 11 heteroatoms. The lowest BCUT2D eigenvalue weighted by Crippen LogP contribution is -2.36. The van der Waals surface area contributed by atoms with Crippen molar-refractivity contribution in [1.29, 1.82) is 0 Å². The Morgan fingerprint density at radius 1 is 0.500 bits per heavy atom. The van der Waals surface area contributed by atoms with Gasteiger partial charge < -0.3 is 17.3 Å². The van der Waals surface area contributed by atoms with E-state index >= 15 is 8.78 Å². The van der Waals surface area contributed by atoms with Crippen LogP contribution in [0.3, 0.4) is 0 Å². The zero-order valence-corrected chi connectivity index (χ0v) is 26.6. The SMILES string of the molecule is Cc1ccc(C(c2ccc(C)c(F)c2)[P+](c2ccc(Cl)cc2)(c2ccc(Cl)cc2)c2ccc(Cl)cc2)cc1F.F[B-](F)(F)F. The van der Waals surface area contributed by atoms with Crippen LogP contribution in [0.25, 0.3) is 0 Å². The van der Waals surface area contributed by atoms with Crippen molar-refractivity contribution in [3.8, 4) is 0 Å². The normalized spacial score (nSPS) is 11.7. The van der Waals surface area contributed by atoms with Crippen molar-refractivity contribution >= 4 is 65.2 Å². The Balaban J connectivity index is 0.000000818. The highest BCUT2D eigenvalue weighted by atomic mass is 35.5. The molecule has 0 fully saturated rings. The van der Waals surface area contributed by atoms with Crippen LogP contribution in [0.15, 0.2) is 109 Å². The molecule has 0 unspecified atom stereocenters. The first-order valence-electron chi connectivity index (χ1n) is 13.3. The monoisotopic (exact) mass is 682 g/mol. The molecule has 0 aliphatic heterocycles. The molecule has 44 heavy (non-hydrogen) atoms. The Morgan fingerprint density at radius 2 is 0.773 bits per heavy atom. The Bertz CT molecular complexity index is 1560. The maximum absolute atomic E-state index is 15.2. The number of hydrogen-bond donors (Lipinski definition) is 0. The van der Waals surface area contributed by atoms with Gasteiger partial charge in [0.15, 0.2) is 0 Å². The Morgan fingerprint density at radius 3 is 1.02 bits per heavy atom. The van der Waals surface area contributed by atoms with Crippen LogP contribution in [0, 0.1) is 25.5 Å². The summed E-state index contributed by atoms with van der Waals surface area (Å²) in [7, 11) is -8.75. The van der Waals surface area contributed by atoms with Gasteiger partial charge in [0.05, 0.1) is 0 Å². The maximum Gasteiger partial charge on any atom is 0.673 e. The fourth-order valence-corrected chi connectivity index (χ4v) is 10.4. The van der Waals surface area contributed by atoms with Crippen LogP contribution in [0.5, 0.6) is 0 Å². The third-order valence-corrected chi connectivity index (χ3v) is 12.6. The molecule has 0 spiro atoms. The van der Waals surface area contributed by atoms with E-state index in [0.29, 0.717) is 26.2 Å². The van der Waals surface area contributed by atoms with Gasteiger partial charge in [-0.15, -0.1) is 0 Å². The first kappa shape index (κ1) is 33.9. The summed E-state index contributed by atoms with van der Waals surface area (Å²) < 4.78 is 69.5. The van der Waals surface area contributed by atoms with E-state index in [1.54, 1.807) is 38.1 Å². The van der Waals surface area contributed by atoms with Crippen LogP contribution >= 0.6 is 42.1 Å². The lowest BCUT2D eigenvalue weighted by molar-refractivity contribution is 0.368. The highest BCUT2D eigenvalue weighted by Gasteiger charge is 2.54. The summed E-state index contributed by atoms with van der Waals surface area (Å²) in [5.74, 6) is -0.627. The van der Waals surface area contributed by atoms with Crippen molar-refractivity contribution in [3.05, 3.63) is 158 Å². The maximum atomic E-state index is 15.2. The second-order valence-electron chi connectivity index (χ2n) is 10.1. The number of hydrogen-bond acceptors (Lipinski definition) is 0. The van der Waals surface area contributed by atoms with E-state index in [1.807, 2.05) is 84.9 Å². The Hall–Kier alpha value is -2.96. The van der Waals surface area contributed by atoms with Gasteiger partial charge in [-0.05, 0) is 110 Å². The molecular weight excluding hydrogens is 658 g/mol. The minimum atomic E-state index is -6.00. The standard InChI is InChI=1S/C33H25Cl3F2P.BF4/c1-21-3-5-23(19-31(21)37)33(24-6-4-22(2)32(38)20-24)39(28-13-7-25(34)8-14-28,29-15-9-26(35)10-16-29)30-17-11-27(36)12-18-30;2-1(3,4)5/h3-20,33H,1-2H3;/q+1;-1. The molecule has 5 aromatic rings. The van der Waals surface area contributed by atoms with Gasteiger partial charge in [-0.2, -0.15) is 0 Å². The van der Waals surface area contributed by atoms with Crippen molar-refractivity contribution in [1.82, 2.24) is 0 Å². The second-order valence-corrected chi connectivity index (χ2v) is 14.9. The highest BCUT2D eigenvalue weighted by molar-refractivity contribution is 7.96. The summed E-state index contributed by atoms with van der Waals surface area (Å²) in [5.41, 5.74) is 2.14. The highest BCUT2D eigenvalue weighted by Crippen LogP contribution is 2.69. The van der Waals surface area contributed by atoms with E-state index in [4.69, 9.17) is 34.8 Å². The molecule has 0 aliphatic carbocycles. The van der Waals surface area contributed by atoms with E-state index in [0.717, 1.165) is 27.0 Å². The summed E-state index contributed by atoms with van der Waals surface area (Å²) >= 11 is 19.1. The second kappa shape index (κ2) is 14.0. The molecule has 0 aliphatic rings. The first-order valence-corrected chi connectivity index (χ1v) is 16.3. The predicted molar refractivity (Wildman–Crippen MR) is 174 cm³/mol. The van der Waals surface area contributed by atoms with Crippen molar-refractivity contribution in [2.45, 2.75) is 19.5 Å². The molecule has 5 rings (SSSR count). The molecule has 0 saturated carbocycles. The molecule has 5 aromatic carbocycles. The molecule has 228 valence electrons. The molecule has 0 N–H and O–H groups in total. The van der Waals surface area contributed by atoms with Crippen LogP contribution in [0.4, 0.5) is 26.0 Å². The van der Waals surface area contributed by atoms with Gasteiger partial charge in [0.2, 0.25) is 0 Å². The van der Waals surface area contributed by atoms with Crippen molar-refractivity contribution in [3.63, 3.8) is 0 Å². The molecule has 0 amide bonds.